The quantitative estimate of drug-likeness (QED) is 0.894. The van der Waals surface area contributed by atoms with Crippen molar-refractivity contribution in [2.24, 2.45) is 5.92 Å². The zero-order valence-corrected chi connectivity index (χ0v) is 11.8. The fourth-order valence-electron chi connectivity index (χ4n) is 2.57. The Hall–Kier alpha value is -1.62. The van der Waals surface area contributed by atoms with Crippen LogP contribution < -0.4 is 5.32 Å². The van der Waals surface area contributed by atoms with Gasteiger partial charge in [0, 0.05) is 6.20 Å². The van der Waals surface area contributed by atoms with Gasteiger partial charge in [-0.15, -0.1) is 0 Å². The molecule has 1 unspecified atom stereocenters. The lowest BCUT2D eigenvalue weighted by Crippen LogP contribution is -2.46. The predicted octanol–water partition coefficient (Wildman–Crippen LogP) is 2.50. The Labute approximate surface area is 122 Å². The molecule has 0 radical (unpaired) electrons. The molecule has 0 spiro atoms. The number of carboxylic acids is 1. The van der Waals surface area contributed by atoms with Crippen LogP contribution >= 0.6 is 11.6 Å². The maximum absolute atomic E-state index is 12.0. The summed E-state index contributed by atoms with van der Waals surface area (Å²) in [4.78, 5) is 27.3. The van der Waals surface area contributed by atoms with Gasteiger partial charge in [0.05, 0.1) is 5.02 Å². The van der Waals surface area contributed by atoms with E-state index in [4.69, 9.17) is 11.6 Å². The molecular formula is C14H17ClN2O3. The molecule has 0 aromatic carbocycles. The molecule has 108 valence electrons. The monoisotopic (exact) mass is 296 g/mol. The van der Waals surface area contributed by atoms with Gasteiger partial charge in [0.15, 0.2) is 0 Å². The summed E-state index contributed by atoms with van der Waals surface area (Å²) in [5.74, 6) is -1.46. The van der Waals surface area contributed by atoms with E-state index in [0.29, 0.717) is 5.02 Å². The van der Waals surface area contributed by atoms with Crippen LogP contribution in [-0.4, -0.2) is 28.0 Å². The Balaban J connectivity index is 2.05. The van der Waals surface area contributed by atoms with E-state index in [1.165, 1.54) is 12.3 Å². The summed E-state index contributed by atoms with van der Waals surface area (Å²) in [5.41, 5.74) is 0.177. The maximum atomic E-state index is 12.0. The first-order chi connectivity index (χ1) is 9.58. The molecule has 1 aliphatic rings. The average Bonchev–Trinajstić information content (AvgIpc) is 2.46. The van der Waals surface area contributed by atoms with Crippen molar-refractivity contribution in [2.75, 3.05) is 0 Å². The first kappa shape index (κ1) is 14.8. The van der Waals surface area contributed by atoms with Crippen LogP contribution in [0, 0.1) is 5.92 Å². The average molecular weight is 297 g/mol. The van der Waals surface area contributed by atoms with Crippen LogP contribution in [0.2, 0.25) is 5.02 Å². The van der Waals surface area contributed by atoms with Gasteiger partial charge in [0.25, 0.3) is 5.91 Å². The van der Waals surface area contributed by atoms with Crippen molar-refractivity contribution in [1.82, 2.24) is 10.3 Å². The molecule has 0 aliphatic heterocycles. The lowest BCUT2D eigenvalue weighted by Gasteiger charge is -2.27. The number of rotatable bonds is 4. The van der Waals surface area contributed by atoms with E-state index in [2.05, 4.69) is 10.3 Å². The Morgan fingerprint density at radius 3 is 2.55 bits per heavy atom. The Bertz CT molecular complexity index is 484. The fourth-order valence-corrected chi connectivity index (χ4v) is 2.69. The van der Waals surface area contributed by atoms with Crippen molar-refractivity contribution in [3.05, 3.63) is 29.0 Å². The topological polar surface area (TPSA) is 79.3 Å². The van der Waals surface area contributed by atoms with Gasteiger partial charge in [-0.3, -0.25) is 4.79 Å². The van der Waals surface area contributed by atoms with Crippen LogP contribution in [0.25, 0.3) is 0 Å². The van der Waals surface area contributed by atoms with Gasteiger partial charge in [-0.2, -0.15) is 0 Å². The number of nitrogens with one attached hydrogen (secondary N) is 1. The maximum Gasteiger partial charge on any atom is 0.326 e. The number of nitrogens with zero attached hydrogens (tertiary/aromatic N) is 1. The molecule has 1 atom stereocenters. The normalized spacial score (nSPS) is 17.4. The highest BCUT2D eigenvalue weighted by Gasteiger charge is 2.31. The first-order valence-electron chi connectivity index (χ1n) is 6.73. The van der Waals surface area contributed by atoms with Gasteiger partial charge in [0.1, 0.15) is 11.7 Å². The third kappa shape index (κ3) is 3.70. The number of hydrogen-bond donors (Lipinski definition) is 2. The van der Waals surface area contributed by atoms with Crippen LogP contribution in [0.5, 0.6) is 0 Å². The summed E-state index contributed by atoms with van der Waals surface area (Å²) in [5, 5.41) is 12.3. The van der Waals surface area contributed by atoms with Crippen LogP contribution in [-0.2, 0) is 4.79 Å². The SMILES string of the molecule is O=C(NC(C(=O)O)C1CCCCC1)c1ccc(Cl)cn1. The summed E-state index contributed by atoms with van der Waals surface area (Å²) in [6.07, 6.45) is 6.21. The highest BCUT2D eigenvalue weighted by Crippen LogP contribution is 2.26. The molecule has 6 heteroatoms. The third-order valence-electron chi connectivity index (χ3n) is 3.63. The van der Waals surface area contributed by atoms with Crippen molar-refractivity contribution in [1.29, 1.82) is 0 Å². The number of carbonyl (C=O) groups excluding carboxylic acids is 1. The fraction of sp³-hybridized carbons (Fsp3) is 0.500. The van der Waals surface area contributed by atoms with Gasteiger partial charge < -0.3 is 10.4 Å². The van der Waals surface area contributed by atoms with Gasteiger partial charge in [-0.05, 0) is 30.9 Å². The van der Waals surface area contributed by atoms with Crippen molar-refractivity contribution < 1.29 is 14.7 Å². The van der Waals surface area contributed by atoms with E-state index in [1.54, 1.807) is 6.07 Å². The minimum absolute atomic E-state index is 0.00231. The molecule has 2 rings (SSSR count). The van der Waals surface area contributed by atoms with Crippen molar-refractivity contribution in [2.45, 2.75) is 38.1 Å². The molecule has 1 heterocycles. The van der Waals surface area contributed by atoms with Gasteiger partial charge in [0.2, 0.25) is 0 Å². The summed E-state index contributed by atoms with van der Waals surface area (Å²) in [6.45, 7) is 0. The van der Waals surface area contributed by atoms with Gasteiger partial charge in [-0.1, -0.05) is 30.9 Å². The highest BCUT2D eigenvalue weighted by atomic mass is 35.5. The second-order valence-electron chi connectivity index (χ2n) is 5.05. The number of carboxylic acid groups (broad SMARTS) is 1. The Morgan fingerprint density at radius 1 is 1.30 bits per heavy atom. The molecule has 0 saturated heterocycles. The Morgan fingerprint density at radius 2 is 2.00 bits per heavy atom. The zero-order valence-electron chi connectivity index (χ0n) is 11.0. The molecule has 1 amide bonds. The predicted molar refractivity (Wildman–Crippen MR) is 74.7 cm³/mol. The van der Waals surface area contributed by atoms with Crippen LogP contribution in [0.3, 0.4) is 0 Å². The summed E-state index contributed by atoms with van der Waals surface area (Å²) < 4.78 is 0. The molecule has 2 N–H and O–H groups in total. The van der Waals surface area contributed by atoms with Crippen molar-refractivity contribution in [3.63, 3.8) is 0 Å². The molecular weight excluding hydrogens is 280 g/mol. The summed E-state index contributed by atoms with van der Waals surface area (Å²) in [6, 6.07) is 2.19. The minimum atomic E-state index is -0.987. The first-order valence-corrected chi connectivity index (χ1v) is 7.11. The lowest BCUT2D eigenvalue weighted by atomic mass is 9.84. The number of amides is 1. The molecule has 1 saturated carbocycles. The number of aromatic nitrogens is 1. The highest BCUT2D eigenvalue weighted by molar-refractivity contribution is 6.30. The third-order valence-corrected chi connectivity index (χ3v) is 3.86. The molecule has 1 aliphatic carbocycles. The van der Waals surface area contributed by atoms with E-state index in [1.807, 2.05) is 0 Å². The van der Waals surface area contributed by atoms with Crippen molar-refractivity contribution >= 4 is 23.5 Å². The number of pyridine rings is 1. The summed E-state index contributed by atoms with van der Waals surface area (Å²) in [7, 11) is 0. The Kier molecular flexibility index (Phi) is 4.95. The largest absolute Gasteiger partial charge is 0.480 e. The number of carbonyl (C=O) groups is 2. The van der Waals surface area contributed by atoms with Gasteiger partial charge >= 0.3 is 5.97 Å². The van der Waals surface area contributed by atoms with Crippen molar-refractivity contribution in [3.8, 4) is 0 Å². The minimum Gasteiger partial charge on any atom is -0.480 e. The number of aliphatic carboxylic acids is 1. The van der Waals surface area contributed by atoms with Crippen LogP contribution in [0.15, 0.2) is 18.3 Å². The van der Waals surface area contributed by atoms with E-state index in [0.717, 1.165) is 32.1 Å². The van der Waals surface area contributed by atoms with E-state index < -0.39 is 17.9 Å². The van der Waals surface area contributed by atoms with Crippen LogP contribution in [0.1, 0.15) is 42.6 Å². The molecule has 1 aromatic rings. The standard InChI is InChI=1S/C14H17ClN2O3/c15-10-6-7-11(16-8-10)13(18)17-12(14(19)20)9-4-2-1-3-5-9/h6-9,12H,1-5H2,(H,17,18)(H,19,20). The molecule has 1 aromatic heterocycles. The summed E-state index contributed by atoms with van der Waals surface area (Å²) >= 11 is 5.71. The second kappa shape index (κ2) is 6.70. The second-order valence-corrected chi connectivity index (χ2v) is 5.49. The van der Waals surface area contributed by atoms with Crippen LogP contribution in [0.4, 0.5) is 0 Å². The van der Waals surface area contributed by atoms with E-state index >= 15 is 0 Å². The van der Waals surface area contributed by atoms with Gasteiger partial charge in [-0.25, -0.2) is 9.78 Å². The zero-order chi connectivity index (χ0) is 14.5. The number of hydrogen-bond acceptors (Lipinski definition) is 3. The lowest BCUT2D eigenvalue weighted by molar-refractivity contribution is -0.141. The molecule has 5 nitrogen and oxygen atoms in total. The molecule has 20 heavy (non-hydrogen) atoms. The molecule has 0 bridgehead atoms. The van der Waals surface area contributed by atoms with E-state index in [-0.39, 0.29) is 11.6 Å². The van der Waals surface area contributed by atoms with E-state index in [9.17, 15) is 14.7 Å². The molecule has 1 fully saturated rings. The number of halogens is 1. The smallest absolute Gasteiger partial charge is 0.326 e.